The molecule has 3 atom stereocenters. The van der Waals surface area contributed by atoms with Gasteiger partial charge in [0.25, 0.3) is 5.91 Å². The van der Waals surface area contributed by atoms with Crippen LogP contribution in [0.3, 0.4) is 0 Å². The summed E-state index contributed by atoms with van der Waals surface area (Å²) in [5.74, 6) is 1.46. The Kier molecular flexibility index (Phi) is 4.90. The van der Waals surface area contributed by atoms with Crippen molar-refractivity contribution in [1.29, 1.82) is 0 Å². The lowest BCUT2D eigenvalue weighted by atomic mass is 9.90. The van der Waals surface area contributed by atoms with Crippen LogP contribution in [0.2, 0.25) is 0 Å². The number of ether oxygens (including phenoxy) is 1. The first-order valence-electron chi connectivity index (χ1n) is 10.1. The number of carbonyl (C=O) groups is 1. The van der Waals surface area contributed by atoms with E-state index >= 15 is 0 Å². The second-order valence-electron chi connectivity index (χ2n) is 7.79. The van der Waals surface area contributed by atoms with Gasteiger partial charge in [-0.1, -0.05) is 5.16 Å². The SMILES string of the molecule is O=C(COc1ccc(F)cc1)N1[C@@H]2CC[C@H]1CC(c1nc(-c3ccncc3)no1)C2. The molecule has 8 heteroatoms. The van der Waals surface area contributed by atoms with E-state index in [2.05, 4.69) is 15.1 Å². The first kappa shape index (κ1) is 18.7. The summed E-state index contributed by atoms with van der Waals surface area (Å²) in [4.78, 5) is 23.4. The summed E-state index contributed by atoms with van der Waals surface area (Å²) < 4.78 is 24.1. The highest BCUT2D eigenvalue weighted by Crippen LogP contribution is 2.43. The van der Waals surface area contributed by atoms with E-state index in [1.807, 2.05) is 17.0 Å². The van der Waals surface area contributed by atoms with Crippen molar-refractivity contribution in [3.05, 3.63) is 60.5 Å². The molecule has 4 heterocycles. The molecule has 2 aliphatic heterocycles. The predicted octanol–water partition coefficient (Wildman–Crippen LogP) is 3.59. The van der Waals surface area contributed by atoms with Crippen molar-refractivity contribution >= 4 is 5.91 Å². The predicted molar refractivity (Wildman–Crippen MR) is 105 cm³/mol. The summed E-state index contributed by atoms with van der Waals surface area (Å²) in [6, 6.07) is 9.68. The zero-order valence-corrected chi connectivity index (χ0v) is 16.3. The van der Waals surface area contributed by atoms with Gasteiger partial charge >= 0.3 is 0 Å². The number of benzene rings is 1. The van der Waals surface area contributed by atoms with Crippen molar-refractivity contribution in [2.75, 3.05) is 6.61 Å². The lowest BCUT2D eigenvalue weighted by Crippen LogP contribution is -2.47. The topological polar surface area (TPSA) is 81.4 Å². The minimum absolute atomic E-state index is 0.0340. The monoisotopic (exact) mass is 408 g/mol. The highest BCUT2D eigenvalue weighted by Gasteiger charge is 2.45. The summed E-state index contributed by atoms with van der Waals surface area (Å²) in [7, 11) is 0. The standard InChI is InChI=1S/C22H21FN4O3/c23-16-1-5-19(6-2-16)29-13-20(28)27-17-3-4-18(27)12-15(11-17)22-25-21(26-30-22)14-7-9-24-10-8-14/h1-2,5-10,15,17-18H,3-4,11-13H2/t15?,17-,18+. The molecule has 154 valence electrons. The number of hydrogen-bond acceptors (Lipinski definition) is 6. The molecule has 0 spiro atoms. The second kappa shape index (κ2) is 7.85. The van der Waals surface area contributed by atoms with Crippen LogP contribution < -0.4 is 4.74 Å². The number of halogens is 1. The maximum absolute atomic E-state index is 13.0. The normalized spacial score (nSPS) is 22.8. The Morgan fingerprint density at radius 3 is 2.50 bits per heavy atom. The summed E-state index contributed by atoms with van der Waals surface area (Å²) in [5, 5.41) is 4.11. The number of hydrogen-bond donors (Lipinski definition) is 0. The van der Waals surface area contributed by atoms with E-state index in [4.69, 9.17) is 9.26 Å². The fourth-order valence-electron chi connectivity index (χ4n) is 4.56. The van der Waals surface area contributed by atoms with Crippen LogP contribution in [-0.4, -0.2) is 44.6 Å². The van der Waals surface area contributed by atoms with Gasteiger partial charge in [0, 0.05) is 36.0 Å². The Labute approximate surface area is 172 Å². The Morgan fingerprint density at radius 2 is 1.80 bits per heavy atom. The van der Waals surface area contributed by atoms with Gasteiger partial charge in [0.15, 0.2) is 6.61 Å². The zero-order chi connectivity index (χ0) is 20.5. The third kappa shape index (κ3) is 3.65. The van der Waals surface area contributed by atoms with Gasteiger partial charge in [-0.2, -0.15) is 4.98 Å². The van der Waals surface area contributed by atoms with E-state index < -0.39 is 0 Å². The van der Waals surface area contributed by atoms with E-state index in [1.54, 1.807) is 12.4 Å². The number of amides is 1. The molecule has 3 aromatic rings. The highest BCUT2D eigenvalue weighted by atomic mass is 19.1. The highest BCUT2D eigenvalue weighted by molar-refractivity contribution is 5.79. The van der Waals surface area contributed by atoms with Crippen molar-refractivity contribution < 1.29 is 18.4 Å². The minimum atomic E-state index is -0.332. The van der Waals surface area contributed by atoms with Crippen LogP contribution in [0, 0.1) is 5.82 Å². The molecular weight excluding hydrogens is 387 g/mol. The number of piperidine rings is 1. The molecule has 0 N–H and O–H groups in total. The molecule has 0 radical (unpaired) electrons. The van der Waals surface area contributed by atoms with Crippen LogP contribution in [0.25, 0.3) is 11.4 Å². The molecule has 5 rings (SSSR count). The van der Waals surface area contributed by atoms with Crippen molar-refractivity contribution in [1.82, 2.24) is 20.0 Å². The quantitative estimate of drug-likeness (QED) is 0.642. The Hall–Kier alpha value is -3.29. The smallest absolute Gasteiger partial charge is 0.261 e. The number of fused-ring (bicyclic) bond motifs is 2. The maximum atomic E-state index is 13.0. The second-order valence-corrected chi connectivity index (χ2v) is 7.79. The van der Waals surface area contributed by atoms with Crippen LogP contribution in [-0.2, 0) is 4.79 Å². The number of aromatic nitrogens is 3. The molecule has 1 aromatic carbocycles. The average molecular weight is 408 g/mol. The largest absolute Gasteiger partial charge is 0.484 e. The van der Waals surface area contributed by atoms with Gasteiger partial charge in [0.1, 0.15) is 11.6 Å². The Morgan fingerprint density at radius 1 is 1.10 bits per heavy atom. The molecule has 0 saturated carbocycles. The van der Waals surface area contributed by atoms with Crippen molar-refractivity contribution in [3.63, 3.8) is 0 Å². The molecule has 2 bridgehead atoms. The fraction of sp³-hybridized carbons (Fsp3) is 0.364. The lowest BCUT2D eigenvalue weighted by molar-refractivity contribution is -0.138. The van der Waals surface area contributed by atoms with Crippen LogP contribution in [0.5, 0.6) is 5.75 Å². The van der Waals surface area contributed by atoms with Crippen LogP contribution in [0.1, 0.15) is 37.5 Å². The van der Waals surface area contributed by atoms with Crippen LogP contribution in [0.4, 0.5) is 4.39 Å². The van der Waals surface area contributed by atoms with Crippen molar-refractivity contribution in [2.45, 2.75) is 43.7 Å². The van der Waals surface area contributed by atoms with Gasteiger partial charge in [-0.15, -0.1) is 0 Å². The van der Waals surface area contributed by atoms with E-state index in [9.17, 15) is 9.18 Å². The first-order valence-corrected chi connectivity index (χ1v) is 10.1. The minimum Gasteiger partial charge on any atom is -0.484 e. The maximum Gasteiger partial charge on any atom is 0.261 e. The summed E-state index contributed by atoms with van der Waals surface area (Å²) in [6.07, 6.45) is 6.94. The molecule has 2 saturated heterocycles. The van der Waals surface area contributed by atoms with Gasteiger partial charge in [-0.05, 0) is 62.1 Å². The third-order valence-corrected chi connectivity index (χ3v) is 5.93. The molecule has 2 fully saturated rings. The van der Waals surface area contributed by atoms with E-state index in [1.165, 1.54) is 24.3 Å². The zero-order valence-electron chi connectivity index (χ0n) is 16.3. The number of nitrogens with zero attached hydrogens (tertiary/aromatic N) is 4. The molecule has 30 heavy (non-hydrogen) atoms. The Balaban J connectivity index is 1.23. The van der Waals surface area contributed by atoms with Crippen LogP contribution >= 0.6 is 0 Å². The third-order valence-electron chi connectivity index (χ3n) is 5.93. The molecule has 1 amide bonds. The van der Waals surface area contributed by atoms with Crippen LogP contribution in [0.15, 0.2) is 53.3 Å². The molecule has 1 unspecified atom stereocenters. The van der Waals surface area contributed by atoms with Gasteiger partial charge in [-0.3, -0.25) is 9.78 Å². The molecular formula is C22H21FN4O3. The van der Waals surface area contributed by atoms with Gasteiger partial charge in [0.05, 0.1) is 0 Å². The van der Waals surface area contributed by atoms with Crippen molar-refractivity contribution in [2.24, 2.45) is 0 Å². The molecule has 7 nitrogen and oxygen atoms in total. The van der Waals surface area contributed by atoms with Gasteiger partial charge in [0.2, 0.25) is 11.7 Å². The number of rotatable bonds is 5. The first-order chi connectivity index (χ1) is 14.7. The number of pyridine rings is 1. The lowest BCUT2D eigenvalue weighted by Gasteiger charge is -2.37. The van der Waals surface area contributed by atoms with E-state index in [0.29, 0.717) is 17.5 Å². The molecule has 0 aliphatic carbocycles. The molecule has 2 aliphatic rings. The summed E-state index contributed by atoms with van der Waals surface area (Å²) in [6.45, 7) is -0.0456. The summed E-state index contributed by atoms with van der Waals surface area (Å²) in [5.41, 5.74) is 0.869. The summed E-state index contributed by atoms with van der Waals surface area (Å²) >= 11 is 0. The van der Waals surface area contributed by atoms with Crippen molar-refractivity contribution in [3.8, 4) is 17.1 Å². The fourth-order valence-corrected chi connectivity index (χ4v) is 4.56. The van der Waals surface area contributed by atoms with E-state index in [0.717, 1.165) is 31.2 Å². The Bertz CT molecular complexity index is 1010. The van der Waals surface area contributed by atoms with Gasteiger partial charge < -0.3 is 14.2 Å². The van der Waals surface area contributed by atoms with Gasteiger partial charge in [-0.25, -0.2) is 4.39 Å². The average Bonchev–Trinajstić information content (AvgIpc) is 3.37. The van der Waals surface area contributed by atoms with E-state index in [-0.39, 0.29) is 36.3 Å². The molecule has 2 aromatic heterocycles. The number of carbonyl (C=O) groups excluding carboxylic acids is 1.